The number of carboxylic acids is 1. The molecule has 27 heavy (non-hydrogen) atoms. The Morgan fingerprint density at radius 3 is 2.81 bits per heavy atom. The Morgan fingerprint density at radius 2 is 2.19 bits per heavy atom. The van der Waals surface area contributed by atoms with Crippen LogP contribution < -0.4 is 34.7 Å². The molecule has 1 fully saturated rings. The Labute approximate surface area is 187 Å². The maximum absolute atomic E-state index is 12.4. The summed E-state index contributed by atoms with van der Waals surface area (Å²) >= 11 is 3.08. The summed E-state index contributed by atoms with van der Waals surface area (Å²) in [5.74, 6) is -0.857. The van der Waals surface area contributed by atoms with Crippen LogP contribution >= 0.6 is 23.5 Å². The fraction of sp³-hybridized carbons (Fsp3) is 0.625. The standard InChI is InChI=1S/C16H20N4O4S2.Na/c1-6-11-10(7(2)21)14(22)20(11)12(15(23)24)13(6)26-9-4-19-16(25-5-9)17-8(3)18-19;/h6-7,9-11,21H,4-5H2,1-3H3,(H,23,24);/q;+1/p-1. The largest absolute Gasteiger partial charge is 1.00 e. The number of carboxylic acid groups (broad SMARTS) is 1. The van der Waals surface area contributed by atoms with Gasteiger partial charge in [-0.1, -0.05) is 18.7 Å². The summed E-state index contributed by atoms with van der Waals surface area (Å²) in [7, 11) is 0. The zero-order valence-electron chi connectivity index (χ0n) is 15.6. The van der Waals surface area contributed by atoms with Crippen molar-refractivity contribution < 1.29 is 49.4 Å². The Hall–Kier alpha value is -0.520. The number of thioether (sulfide) groups is 2. The van der Waals surface area contributed by atoms with Gasteiger partial charge in [-0.15, -0.1) is 11.8 Å². The third-order valence-corrected chi connectivity index (χ3v) is 7.92. The smallest absolute Gasteiger partial charge is 0.543 e. The van der Waals surface area contributed by atoms with Crippen molar-refractivity contribution in [3.63, 3.8) is 0 Å². The number of hydrogen-bond donors (Lipinski definition) is 1. The van der Waals surface area contributed by atoms with Crippen molar-refractivity contribution in [2.75, 3.05) is 5.75 Å². The molecular formula is C16H19N4NaO4S2. The molecule has 0 radical (unpaired) electrons. The van der Waals surface area contributed by atoms with Crippen molar-refractivity contribution >= 4 is 35.4 Å². The van der Waals surface area contributed by atoms with Crippen LogP contribution in [-0.2, 0) is 16.1 Å². The van der Waals surface area contributed by atoms with Gasteiger partial charge < -0.3 is 19.9 Å². The van der Waals surface area contributed by atoms with Crippen LogP contribution in [0.5, 0.6) is 0 Å². The van der Waals surface area contributed by atoms with Crippen LogP contribution in [0, 0.1) is 18.8 Å². The first-order valence-corrected chi connectivity index (χ1v) is 10.3. The SMILES string of the molecule is Cc1nc2n(n1)CC(SC1=C(C(=O)[O-])N3C(=O)C(C(C)O)C3C1C)CS2.[Na+]. The molecule has 1 saturated heterocycles. The third kappa shape index (κ3) is 3.38. The molecule has 0 bridgehead atoms. The summed E-state index contributed by atoms with van der Waals surface area (Å²) < 4.78 is 1.85. The molecule has 0 spiro atoms. The van der Waals surface area contributed by atoms with Gasteiger partial charge >= 0.3 is 29.6 Å². The van der Waals surface area contributed by atoms with E-state index < -0.39 is 18.0 Å². The first-order chi connectivity index (χ1) is 12.3. The van der Waals surface area contributed by atoms with Crippen LogP contribution in [0.2, 0.25) is 0 Å². The second-order valence-electron chi connectivity index (χ2n) is 6.93. The maximum atomic E-state index is 12.4. The quantitative estimate of drug-likeness (QED) is 0.398. The molecule has 0 saturated carbocycles. The van der Waals surface area contributed by atoms with Crippen LogP contribution in [-0.4, -0.2) is 59.8 Å². The third-order valence-electron chi connectivity index (χ3n) is 5.11. The molecule has 1 aromatic rings. The molecule has 3 aliphatic rings. The second-order valence-corrected chi connectivity index (χ2v) is 9.26. The molecule has 3 aliphatic heterocycles. The summed E-state index contributed by atoms with van der Waals surface area (Å²) in [5, 5.41) is 27.0. The van der Waals surface area contributed by atoms with Crippen molar-refractivity contribution in [1.82, 2.24) is 19.7 Å². The molecular weight excluding hydrogens is 399 g/mol. The summed E-state index contributed by atoms with van der Waals surface area (Å²) in [4.78, 5) is 30.4. The molecule has 4 rings (SSSR count). The van der Waals surface area contributed by atoms with E-state index in [9.17, 15) is 19.8 Å². The number of β-lactam (4-membered cyclic amide) rings is 1. The number of aromatic nitrogens is 3. The van der Waals surface area contributed by atoms with E-state index in [-0.39, 0.29) is 58.4 Å². The van der Waals surface area contributed by atoms with E-state index in [1.165, 1.54) is 16.7 Å². The number of nitrogens with zero attached hydrogens (tertiary/aromatic N) is 4. The minimum absolute atomic E-state index is 0. The van der Waals surface area contributed by atoms with E-state index in [0.717, 1.165) is 16.7 Å². The van der Waals surface area contributed by atoms with Gasteiger partial charge in [0.2, 0.25) is 5.91 Å². The van der Waals surface area contributed by atoms with E-state index in [1.54, 1.807) is 18.7 Å². The average Bonchev–Trinajstić information content (AvgIpc) is 3.03. The minimum Gasteiger partial charge on any atom is -0.543 e. The van der Waals surface area contributed by atoms with Crippen molar-refractivity contribution in [1.29, 1.82) is 0 Å². The minimum atomic E-state index is -1.33. The van der Waals surface area contributed by atoms with Gasteiger partial charge in [-0.2, -0.15) is 5.10 Å². The van der Waals surface area contributed by atoms with Crippen LogP contribution in [0.15, 0.2) is 15.8 Å². The van der Waals surface area contributed by atoms with E-state index in [1.807, 2.05) is 18.5 Å². The number of carbonyl (C=O) groups is 2. The number of hydrogen-bond acceptors (Lipinski definition) is 8. The monoisotopic (exact) mass is 418 g/mol. The predicted octanol–water partition coefficient (Wildman–Crippen LogP) is -3.38. The van der Waals surface area contributed by atoms with Crippen LogP contribution in [0.25, 0.3) is 0 Å². The first kappa shape index (κ1) is 21.2. The number of carbonyl (C=O) groups excluding carboxylic acids is 2. The van der Waals surface area contributed by atoms with Gasteiger partial charge in [0.25, 0.3) is 0 Å². The van der Waals surface area contributed by atoms with Crippen molar-refractivity contribution in [3.8, 4) is 0 Å². The maximum Gasteiger partial charge on any atom is 1.00 e. The van der Waals surface area contributed by atoms with Gasteiger partial charge in [-0.05, 0) is 13.8 Å². The van der Waals surface area contributed by atoms with Gasteiger partial charge in [-0.25, -0.2) is 9.67 Å². The molecule has 11 heteroatoms. The van der Waals surface area contributed by atoms with Gasteiger partial charge in [0, 0.05) is 21.8 Å². The van der Waals surface area contributed by atoms with E-state index in [4.69, 9.17) is 0 Å². The van der Waals surface area contributed by atoms with Crippen molar-refractivity contribution in [2.45, 2.75) is 49.9 Å². The average molecular weight is 418 g/mol. The van der Waals surface area contributed by atoms with E-state index in [0.29, 0.717) is 11.4 Å². The summed E-state index contributed by atoms with van der Waals surface area (Å²) in [6.07, 6.45) is -0.801. The van der Waals surface area contributed by atoms with Crippen molar-refractivity contribution in [2.24, 2.45) is 11.8 Å². The molecule has 0 aromatic carbocycles. The fourth-order valence-electron chi connectivity index (χ4n) is 3.99. The Kier molecular flexibility index (Phi) is 6.06. The molecule has 140 valence electrons. The van der Waals surface area contributed by atoms with Crippen LogP contribution in [0.4, 0.5) is 0 Å². The fourth-order valence-corrected chi connectivity index (χ4v) is 6.59. The van der Waals surface area contributed by atoms with Gasteiger partial charge in [0.1, 0.15) is 5.82 Å². The molecule has 1 N–H and O–H groups in total. The molecule has 0 aliphatic carbocycles. The van der Waals surface area contributed by atoms with Crippen molar-refractivity contribution in [3.05, 3.63) is 16.4 Å². The Balaban J connectivity index is 0.00000210. The van der Waals surface area contributed by atoms with E-state index >= 15 is 0 Å². The van der Waals surface area contributed by atoms with Gasteiger partial charge in [0.15, 0.2) is 5.16 Å². The second kappa shape index (κ2) is 7.72. The summed E-state index contributed by atoms with van der Waals surface area (Å²) in [5.41, 5.74) is -0.0278. The van der Waals surface area contributed by atoms with Gasteiger partial charge in [0.05, 0.1) is 36.3 Å². The Bertz CT molecular complexity index is 827. The Morgan fingerprint density at radius 1 is 1.48 bits per heavy atom. The molecule has 1 aromatic heterocycles. The molecule has 1 amide bonds. The normalized spacial score (nSPS) is 30.4. The number of aryl methyl sites for hydroxylation is 1. The summed E-state index contributed by atoms with van der Waals surface area (Å²) in [6, 6.07) is -0.307. The number of fused-ring (bicyclic) bond motifs is 2. The molecule has 5 atom stereocenters. The number of amides is 1. The number of aliphatic carboxylic acids is 1. The summed E-state index contributed by atoms with van der Waals surface area (Å²) in [6.45, 7) is 5.97. The number of aliphatic hydroxyl groups excluding tert-OH is 1. The molecule has 4 heterocycles. The zero-order chi connectivity index (χ0) is 18.7. The van der Waals surface area contributed by atoms with Crippen LogP contribution in [0.1, 0.15) is 19.7 Å². The zero-order valence-corrected chi connectivity index (χ0v) is 19.2. The number of rotatable bonds is 4. The van der Waals surface area contributed by atoms with Gasteiger partial charge in [-0.3, -0.25) is 4.79 Å². The first-order valence-electron chi connectivity index (χ1n) is 8.47. The number of aliphatic hydroxyl groups is 1. The van der Waals surface area contributed by atoms with E-state index in [2.05, 4.69) is 10.1 Å². The predicted molar refractivity (Wildman–Crippen MR) is 93.9 cm³/mol. The molecule has 5 unspecified atom stereocenters. The van der Waals surface area contributed by atoms with Crippen LogP contribution in [0.3, 0.4) is 0 Å². The molecule has 8 nitrogen and oxygen atoms in total. The topological polar surface area (TPSA) is 111 Å².